The summed E-state index contributed by atoms with van der Waals surface area (Å²) in [6, 6.07) is 5.69. The largest absolute Gasteiger partial charge is 0.494 e. The fraction of sp³-hybridized carbons (Fsp3) is 0.357. The fourth-order valence-corrected chi connectivity index (χ4v) is 3.65. The first-order valence-corrected chi connectivity index (χ1v) is 9.22. The van der Waals surface area contributed by atoms with Gasteiger partial charge in [0.1, 0.15) is 5.75 Å². The third-order valence-corrected chi connectivity index (χ3v) is 4.94. The highest BCUT2D eigenvalue weighted by molar-refractivity contribution is 7.99. The molecule has 0 bridgehead atoms. The van der Waals surface area contributed by atoms with E-state index in [1.165, 1.54) is 23.1 Å². The van der Waals surface area contributed by atoms with Crippen LogP contribution in [0.15, 0.2) is 23.4 Å². The van der Waals surface area contributed by atoms with E-state index in [4.69, 9.17) is 4.74 Å². The van der Waals surface area contributed by atoms with Crippen LogP contribution in [-0.4, -0.2) is 43.5 Å². The average Bonchev–Trinajstić information content (AvgIpc) is 3.18. The molecule has 10 heteroatoms. The Morgan fingerprint density at radius 1 is 1.42 bits per heavy atom. The van der Waals surface area contributed by atoms with Crippen molar-refractivity contribution in [2.45, 2.75) is 25.5 Å². The van der Waals surface area contributed by atoms with E-state index in [9.17, 15) is 4.79 Å². The number of aryl methyl sites for hydroxylation is 1. The van der Waals surface area contributed by atoms with Crippen molar-refractivity contribution in [1.82, 2.24) is 25.2 Å². The summed E-state index contributed by atoms with van der Waals surface area (Å²) in [4.78, 5) is 16.5. The minimum atomic E-state index is -0.144. The van der Waals surface area contributed by atoms with Gasteiger partial charge in [-0.3, -0.25) is 4.79 Å². The number of carbonyl (C=O) groups excluding carboxylic acids is 1. The second kappa shape index (κ2) is 7.58. The third kappa shape index (κ3) is 3.82. The van der Waals surface area contributed by atoms with Gasteiger partial charge in [-0.05, 0) is 42.5 Å². The van der Waals surface area contributed by atoms with Gasteiger partial charge < -0.3 is 10.1 Å². The molecule has 24 heavy (non-hydrogen) atoms. The molecule has 1 aromatic carbocycles. The molecule has 3 rings (SSSR count). The molecule has 0 aliphatic rings. The number of benzene rings is 1. The number of anilines is 1. The highest BCUT2D eigenvalue weighted by atomic mass is 32.2. The lowest BCUT2D eigenvalue weighted by molar-refractivity contribution is -0.113. The standard InChI is InChI=1S/C14H16N6O2S2/c1-3-20-14(17-18-19-20)23-8-12(21)16-13-15-10-6-5-9(22-4-2)7-11(10)24-13/h5-7H,3-4,8H2,1-2H3,(H,15,16,21). The van der Waals surface area contributed by atoms with Crippen molar-refractivity contribution in [3.05, 3.63) is 18.2 Å². The predicted octanol–water partition coefficient (Wildman–Crippen LogP) is 2.43. The van der Waals surface area contributed by atoms with Crippen molar-refractivity contribution < 1.29 is 9.53 Å². The Kier molecular flexibility index (Phi) is 5.26. The summed E-state index contributed by atoms with van der Waals surface area (Å²) in [6.45, 7) is 5.16. The molecular formula is C14H16N6O2S2. The molecule has 1 amide bonds. The highest BCUT2D eigenvalue weighted by Crippen LogP contribution is 2.29. The SMILES string of the molecule is CCOc1ccc2nc(NC(=O)CSc3nnnn3CC)sc2c1. The van der Waals surface area contributed by atoms with Crippen LogP contribution >= 0.6 is 23.1 Å². The molecule has 3 aromatic rings. The molecule has 0 radical (unpaired) electrons. The van der Waals surface area contributed by atoms with E-state index in [1.54, 1.807) is 4.68 Å². The molecule has 0 atom stereocenters. The Bertz CT molecular complexity index is 847. The van der Waals surface area contributed by atoms with E-state index in [2.05, 4.69) is 25.8 Å². The molecule has 1 N–H and O–H groups in total. The maximum Gasteiger partial charge on any atom is 0.236 e. The number of carbonyl (C=O) groups is 1. The monoisotopic (exact) mass is 364 g/mol. The van der Waals surface area contributed by atoms with E-state index < -0.39 is 0 Å². The topological polar surface area (TPSA) is 94.8 Å². The van der Waals surface area contributed by atoms with Crippen LogP contribution in [0, 0.1) is 0 Å². The number of thioether (sulfide) groups is 1. The molecule has 0 aliphatic heterocycles. The van der Waals surface area contributed by atoms with Gasteiger partial charge in [0.2, 0.25) is 11.1 Å². The second-order valence-electron chi connectivity index (χ2n) is 4.70. The molecule has 0 unspecified atom stereocenters. The van der Waals surface area contributed by atoms with E-state index in [-0.39, 0.29) is 11.7 Å². The molecule has 0 aliphatic carbocycles. The Labute approximate surface area is 146 Å². The molecule has 126 valence electrons. The molecular weight excluding hydrogens is 348 g/mol. The molecule has 0 spiro atoms. The Balaban J connectivity index is 1.62. The zero-order chi connectivity index (χ0) is 16.9. The summed E-state index contributed by atoms with van der Waals surface area (Å²) in [5.74, 6) is 0.878. The maximum absolute atomic E-state index is 12.1. The summed E-state index contributed by atoms with van der Waals surface area (Å²) in [7, 11) is 0. The number of nitrogens with one attached hydrogen (secondary N) is 1. The number of rotatable bonds is 7. The summed E-state index contributed by atoms with van der Waals surface area (Å²) in [5, 5.41) is 15.3. The third-order valence-electron chi connectivity index (χ3n) is 3.05. The van der Waals surface area contributed by atoms with Gasteiger partial charge in [0.25, 0.3) is 0 Å². The average molecular weight is 364 g/mol. The lowest BCUT2D eigenvalue weighted by Gasteiger charge is -2.01. The molecule has 8 nitrogen and oxygen atoms in total. The van der Waals surface area contributed by atoms with Crippen LogP contribution in [0.5, 0.6) is 5.75 Å². The zero-order valence-electron chi connectivity index (χ0n) is 13.2. The molecule has 2 heterocycles. The summed E-state index contributed by atoms with van der Waals surface area (Å²) in [6.07, 6.45) is 0. The van der Waals surface area contributed by atoms with Crippen molar-refractivity contribution in [2.24, 2.45) is 0 Å². The second-order valence-corrected chi connectivity index (χ2v) is 6.67. The number of thiazole rings is 1. The van der Waals surface area contributed by atoms with Crippen LogP contribution < -0.4 is 10.1 Å². The van der Waals surface area contributed by atoms with Crippen LogP contribution in [0.25, 0.3) is 10.2 Å². The zero-order valence-corrected chi connectivity index (χ0v) is 14.9. The number of amides is 1. The van der Waals surface area contributed by atoms with E-state index in [0.717, 1.165) is 16.0 Å². The molecule has 0 saturated carbocycles. The van der Waals surface area contributed by atoms with Crippen molar-refractivity contribution in [3.63, 3.8) is 0 Å². The Morgan fingerprint density at radius 3 is 3.08 bits per heavy atom. The first kappa shape index (κ1) is 16.7. The van der Waals surface area contributed by atoms with Crippen LogP contribution in [0.2, 0.25) is 0 Å². The van der Waals surface area contributed by atoms with Gasteiger partial charge in [-0.1, -0.05) is 23.1 Å². The molecule has 0 fully saturated rings. The van der Waals surface area contributed by atoms with Gasteiger partial charge in [-0.2, -0.15) is 0 Å². The van der Waals surface area contributed by atoms with Gasteiger partial charge in [-0.25, -0.2) is 9.67 Å². The quantitative estimate of drug-likeness (QED) is 0.643. The van der Waals surface area contributed by atoms with Crippen molar-refractivity contribution >= 4 is 44.4 Å². The number of nitrogens with zero attached hydrogens (tertiary/aromatic N) is 5. The van der Waals surface area contributed by atoms with E-state index in [0.29, 0.717) is 23.4 Å². The number of ether oxygens (including phenoxy) is 1. The Hall–Kier alpha value is -2.20. The normalized spacial score (nSPS) is 10.9. The molecule has 2 aromatic heterocycles. The van der Waals surface area contributed by atoms with Crippen LogP contribution in [0.1, 0.15) is 13.8 Å². The highest BCUT2D eigenvalue weighted by Gasteiger charge is 2.12. The summed E-state index contributed by atoms with van der Waals surface area (Å²) < 4.78 is 8.09. The lowest BCUT2D eigenvalue weighted by Crippen LogP contribution is -2.14. The van der Waals surface area contributed by atoms with E-state index >= 15 is 0 Å². The predicted molar refractivity (Wildman–Crippen MR) is 93.6 cm³/mol. The summed E-state index contributed by atoms with van der Waals surface area (Å²) >= 11 is 2.71. The fourth-order valence-electron chi connectivity index (χ4n) is 2.00. The smallest absolute Gasteiger partial charge is 0.236 e. The lowest BCUT2D eigenvalue weighted by atomic mass is 10.3. The maximum atomic E-state index is 12.1. The number of hydrogen-bond acceptors (Lipinski definition) is 8. The van der Waals surface area contributed by atoms with Crippen LogP contribution in [0.4, 0.5) is 5.13 Å². The van der Waals surface area contributed by atoms with E-state index in [1.807, 2.05) is 32.0 Å². The minimum Gasteiger partial charge on any atom is -0.494 e. The van der Waals surface area contributed by atoms with Gasteiger partial charge >= 0.3 is 0 Å². The van der Waals surface area contributed by atoms with Crippen molar-refractivity contribution in [2.75, 3.05) is 17.7 Å². The first-order chi connectivity index (χ1) is 11.7. The molecule has 0 saturated heterocycles. The Morgan fingerprint density at radius 2 is 2.29 bits per heavy atom. The number of tetrazole rings is 1. The first-order valence-electron chi connectivity index (χ1n) is 7.41. The van der Waals surface area contributed by atoms with Crippen LogP contribution in [-0.2, 0) is 11.3 Å². The van der Waals surface area contributed by atoms with Gasteiger partial charge in [-0.15, -0.1) is 5.10 Å². The van der Waals surface area contributed by atoms with Gasteiger partial charge in [0.15, 0.2) is 5.13 Å². The number of aromatic nitrogens is 5. The number of fused-ring (bicyclic) bond motifs is 1. The summed E-state index contributed by atoms with van der Waals surface area (Å²) in [5.41, 5.74) is 0.835. The number of hydrogen-bond donors (Lipinski definition) is 1. The van der Waals surface area contributed by atoms with Crippen molar-refractivity contribution in [1.29, 1.82) is 0 Å². The van der Waals surface area contributed by atoms with Crippen LogP contribution in [0.3, 0.4) is 0 Å². The van der Waals surface area contributed by atoms with Crippen molar-refractivity contribution in [3.8, 4) is 5.75 Å². The minimum absolute atomic E-state index is 0.144. The van der Waals surface area contributed by atoms with Gasteiger partial charge in [0, 0.05) is 6.54 Å². The van der Waals surface area contributed by atoms with Gasteiger partial charge in [0.05, 0.1) is 22.6 Å².